The van der Waals surface area contributed by atoms with Crippen molar-refractivity contribution in [3.8, 4) is 0 Å². The highest BCUT2D eigenvalue weighted by atomic mass is 32.2. The van der Waals surface area contributed by atoms with Crippen molar-refractivity contribution >= 4 is 10.0 Å². The summed E-state index contributed by atoms with van der Waals surface area (Å²) in [4.78, 5) is 2.32. The van der Waals surface area contributed by atoms with Crippen molar-refractivity contribution in [1.29, 1.82) is 0 Å². The van der Waals surface area contributed by atoms with E-state index in [4.69, 9.17) is 0 Å². The molecule has 1 aliphatic heterocycles. The molecule has 8 nitrogen and oxygen atoms in total. The third kappa shape index (κ3) is 4.21. The molecule has 1 atom stereocenters. The van der Waals surface area contributed by atoms with Crippen molar-refractivity contribution in [2.45, 2.75) is 38.3 Å². The number of aromatic nitrogens is 4. The smallest absolute Gasteiger partial charge is 0.208 e. The maximum atomic E-state index is 11.2. The second-order valence-corrected chi connectivity index (χ2v) is 7.97. The minimum Gasteiger partial charge on any atom is -0.296 e. The molecule has 2 fully saturated rings. The number of hydrogen-bond acceptors (Lipinski definition) is 6. The number of likely N-dealkylation sites (tertiary alicyclic amines) is 1. The summed E-state index contributed by atoms with van der Waals surface area (Å²) >= 11 is 0. The van der Waals surface area contributed by atoms with E-state index in [0.717, 1.165) is 38.3 Å². The molecule has 1 N–H and O–H groups in total. The molecular weight excluding hydrogens is 292 g/mol. The van der Waals surface area contributed by atoms with Crippen molar-refractivity contribution < 1.29 is 8.42 Å². The Labute approximate surface area is 124 Å². The fourth-order valence-corrected chi connectivity index (χ4v) is 3.39. The fraction of sp³-hybridized carbons (Fsp3) is 0.917. The summed E-state index contributed by atoms with van der Waals surface area (Å²) in [6.45, 7) is 3.18. The van der Waals surface area contributed by atoms with E-state index in [1.807, 2.05) is 4.68 Å². The van der Waals surface area contributed by atoms with Gasteiger partial charge in [0.1, 0.15) is 0 Å². The Bertz CT molecular complexity index is 582. The number of hydrogen-bond donors (Lipinski definition) is 1. The number of nitrogens with zero attached hydrogens (tertiary/aromatic N) is 5. The molecule has 1 aliphatic carbocycles. The average molecular weight is 314 g/mol. The summed E-state index contributed by atoms with van der Waals surface area (Å²) in [7, 11) is -3.11. The summed E-state index contributed by atoms with van der Waals surface area (Å²) in [5, 5.41) is 12.0. The first-order valence-electron chi connectivity index (χ1n) is 7.45. The number of sulfonamides is 1. The third-order valence-corrected chi connectivity index (χ3v) is 4.75. The fourth-order valence-electron chi connectivity index (χ4n) is 2.85. The number of nitrogens with one attached hydrogen (secondary N) is 1. The van der Waals surface area contributed by atoms with E-state index in [1.54, 1.807) is 0 Å². The van der Waals surface area contributed by atoms with Gasteiger partial charge in [-0.05, 0) is 48.6 Å². The molecular formula is C12H22N6O2S. The van der Waals surface area contributed by atoms with Crippen LogP contribution in [-0.4, -0.2) is 59.4 Å². The Morgan fingerprint density at radius 1 is 1.33 bits per heavy atom. The SMILES string of the molecule is CS(=O)(=O)NC[C@H]1CCCN(Cc2nnnn2C2CC2)C1. The zero-order chi connectivity index (χ0) is 14.9. The molecule has 21 heavy (non-hydrogen) atoms. The van der Waals surface area contributed by atoms with E-state index in [2.05, 4.69) is 25.1 Å². The average Bonchev–Trinajstić information content (AvgIpc) is 3.17. The van der Waals surface area contributed by atoms with Crippen LogP contribution in [0.3, 0.4) is 0 Å². The summed E-state index contributed by atoms with van der Waals surface area (Å²) < 4.78 is 26.9. The van der Waals surface area contributed by atoms with E-state index in [1.165, 1.54) is 19.1 Å². The predicted molar refractivity (Wildman–Crippen MR) is 76.9 cm³/mol. The van der Waals surface area contributed by atoms with Gasteiger partial charge >= 0.3 is 0 Å². The summed E-state index contributed by atoms with van der Waals surface area (Å²) in [5.74, 6) is 1.29. The molecule has 0 spiro atoms. The van der Waals surface area contributed by atoms with Crippen LogP contribution in [-0.2, 0) is 16.6 Å². The maximum Gasteiger partial charge on any atom is 0.208 e. The molecule has 0 unspecified atom stereocenters. The first-order valence-corrected chi connectivity index (χ1v) is 9.34. The molecule has 9 heteroatoms. The third-order valence-electron chi connectivity index (χ3n) is 4.06. The highest BCUT2D eigenvalue weighted by Crippen LogP contribution is 2.34. The standard InChI is InChI=1S/C12H22N6O2S/c1-21(19,20)13-7-10-3-2-6-17(8-10)9-12-14-15-16-18(12)11-4-5-11/h10-11,13H,2-9H2,1H3/t10-/m1/s1. The lowest BCUT2D eigenvalue weighted by atomic mass is 9.98. The van der Waals surface area contributed by atoms with Crippen LogP contribution in [0.5, 0.6) is 0 Å². The van der Waals surface area contributed by atoms with Crippen molar-refractivity contribution in [3.63, 3.8) is 0 Å². The van der Waals surface area contributed by atoms with Crippen molar-refractivity contribution in [3.05, 3.63) is 5.82 Å². The lowest BCUT2D eigenvalue weighted by Crippen LogP contribution is -2.40. The van der Waals surface area contributed by atoms with Gasteiger partial charge in [-0.15, -0.1) is 5.10 Å². The van der Waals surface area contributed by atoms with E-state index < -0.39 is 10.0 Å². The first kappa shape index (κ1) is 14.9. The zero-order valence-corrected chi connectivity index (χ0v) is 13.1. The number of tetrazole rings is 1. The van der Waals surface area contributed by atoms with Gasteiger partial charge in [-0.1, -0.05) is 0 Å². The molecule has 2 aliphatic rings. The molecule has 118 valence electrons. The second-order valence-electron chi connectivity index (χ2n) is 6.13. The Balaban J connectivity index is 1.54. The molecule has 1 saturated heterocycles. The molecule has 1 aromatic rings. The Morgan fingerprint density at radius 2 is 2.14 bits per heavy atom. The molecule has 0 amide bonds. The van der Waals surface area contributed by atoms with Gasteiger partial charge in [-0.3, -0.25) is 4.90 Å². The van der Waals surface area contributed by atoms with Crippen LogP contribution in [0.25, 0.3) is 0 Å². The van der Waals surface area contributed by atoms with Gasteiger partial charge in [0.05, 0.1) is 18.8 Å². The lowest BCUT2D eigenvalue weighted by Gasteiger charge is -2.32. The first-order chi connectivity index (χ1) is 10.0. The van der Waals surface area contributed by atoms with Crippen LogP contribution in [0.2, 0.25) is 0 Å². The quantitative estimate of drug-likeness (QED) is 0.779. The van der Waals surface area contributed by atoms with Crippen LogP contribution in [0, 0.1) is 5.92 Å². The van der Waals surface area contributed by atoms with Gasteiger partial charge in [-0.25, -0.2) is 17.8 Å². The number of rotatable bonds is 6. The summed E-state index contributed by atoms with van der Waals surface area (Å²) in [6.07, 6.45) is 5.68. The molecule has 1 aromatic heterocycles. The highest BCUT2D eigenvalue weighted by molar-refractivity contribution is 7.88. The van der Waals surface area contributed by atoms with Gasteiger partial charge < -0.3 is 0 Å². The topological polar surface area (TPSA) is 93.0 Å². The van der Waals surface area contributed by atoms with Gasteiger partial charge in [0, 0.05) is 13.1 Å². The minimum atomic E-state index is -3.11. The van der Waals surface area contributed by atoms with E-state index >= 15 is 0 Å². The molecule has 0 radical (unpaired) electrons. The Morgan fingerprint density at radius 3 is 2.86 bits per heavy atom. The number of piperidine rings is 1. The minimum absolute atomic E-state index is 0.360. The lowest BCUT2D eigenvalue weighted by molar-refractivity contribution is 0.163. The Kier molecular flexibility index (Phi) is 4.23. The van der Waals surface area contributed by atoms with Gasteiger partial charge in [0.25, 0.3) is 0 Å². The molecule has 0 bridgehead atoms. The van der Waals surface area contributed by atoms with Crippen molar-refractivity contribution in [2.75, 3.05) is 25.9 Å². The van der Waals surface area contributed by atoms with E-state index in [-0.39, 0.29) is 0 Å². The van der Waals surface area contributed by atoms with Gasteiger partial charge in [0.2, 0.25) is 10.0 Å². The van der Waals surface area contributed by atoms with Crippen LogP contribution in [0.1, 0.15) is 37.5 Å². The predicted octanol–water partition coefficient (Wildman–Crippen LogP) is -0.231. The summed E-state index contributed by atoms with van der Waals surface area (Å²) in [6, 6.07) is 0.488. The monoisotopic (exact) mass is 314 g/mol. The normalized spacial score (nSPS) is 24.3. The van der Waals surface area contributed by atoms with Gasteiger partial charge in [-0.2, -0.15) is 0 Å². The van der Waals surface area contributed by atoms with Crippen LogP contribution >= 0.6 is 0 Å². The van der Waals surface area contributed by atoms with E-state index in [0.29, 0.717) is 18.5 Å². The molecule has 0 aromatic carbocycles. The van der Waals surface area contributed by atoms with Crippen LogP contribution < -0.4 is 4.72 Å². The van der Waals surface area contributed by atoms with Crippen LogP contribution in [0.15, 0.2) is 0 Å². The summed E-state index contributed by atoms with van der Waals surface area (Å²) in [5.41, 5.74) is 0. The van der Waals surface area contributed by atoms with Crippen molar-refractivity contribution in [2.24, 2.45) is 5.92 Å². The van der Waals surface area contributed by atoms with Crippen LogP contribution in [0.4, 0.5) is 0 Å². The highest BCUT2D eigenvalue weighted by Gasteiger charge is 2.29. The van der Waals surface area contributed by atoms with Gasteiger partial charge in [0.15, 0.2) is 5.82 Å². The van der Waals surface area contributed by atoms with Crippen molar-refractivity contribution in [1.82, 2.24) is 29.8 Å². The molecule has 3 rings (SSSR count). The zero-order valence-electron chi connectivity index (χ0n) is 12.3. The molecule has 1 saturated carbocycles. The second kappa shape index (κ2) is 5.98. The maximum absolute atomic E-state index is 11.2. The molecule has 2 heterocycles. The Hall–Kier alpha value is -1.06. The van der Waals surface area contributed by atoms with E-state index in [9.17, 15) is 8.42 Å². The largest absolute Gasteiger partial charge is 0.296 e.